The normalized spacial score (nSPS) is 15.7. The minimum absolute atomic E-state index is 0.559. The number of benzene rings is 1. The van der Waals surface area contributed by atoms with Gasteiger partial charge in [-0.15, -0.1) is 0 Å². The highest BCUT2D eigenvalue weighted by molar-refractivity contribution is 6.30. The van der Waals surface area contributed by atoms with Crippen molar-refractivity contribution in [2.45, 2.75) is 31.7 Å². The first-order valence-electron chi connectivity index (χ1n) is 9.58. The fourth-order valence-electron chi connectivity index (χ4n) is 3.77. The summed E-state index contributed by atoms with van der Waals surface area (Å²) in [4.78, 5) is 11.6. The van der Waals surface area contributed by atoms with Crippen LogP contribution >= 0.6 is 11.6 Å². The Labute approximate surface area is 166 Å². The summed E-state index contributed by atoms with van der Waals surface area (Å²) in [5.41, 5.74) is 4.96. The molecule has 138 valence electrons. The van der Waals surface area contributed by atoms with Crippen LogP contribution in [0, 0.1) is 0 Å². The Morgan fingerprint density at radius 3 is 2.37 bits per heavy atom. The van der Waals surface area contributed by atoms with Crippen LogP contribution in [0.15, 0.2) is 67.0 Å². The van der Waals surface area contributed by atoms with Crippen LogP contribution in [0.2, 0.25) is 5.02 Å². The number of nitrogens with zero attached hydrogens (tertiary/aromatic N) is 3. The molecule has 27 heavy (non-hydrogen) atoms. The van der Waals surface area contributed by atoms with Gasteiger partial charge in [-0.2, -0.15) is 0 Å². The van der Waals surface area contributed by atoms with E-state index in [1.165, 1.54) is 29.7 Å². The van der Waals surface area contributed by atoms with Crippen molar-refractivity contribution in [3.05, 3.63) is 94.5 Å². The van der Waals surface area contributed by atoms with Crippen molar-refractivity contribution >= 4 is 11.6 Å². The lowest BCUT2D eigenvalue weighted by molar-refractivity contribution is 0.203. The molecule has 4 rings (SSSR count). The Hall–Kier alpha value is -2.23. The zero-order valence-electron chi connectivity index (χ0n) is 15.4. The minimum Gasteiger partial charge on any atom is -0.299 e. The SMILES string of the molecule is Clc1ccc(Cc2cccc(C3CCN(Cc4ccncc4)CC3)n2)cc1. The third-order valence-electron chi connectivity index (χ3n) is 5.29. The van der Waals surface area contributed by atoms with Crippen molar-refractivity contribution in [2.75, 3.05) is 13.1 Å². The van der Waals surface area contributed by atoms with E-state index < -0.39 is 0 Å². The molecule has 3 aromatic rings. The smallest absolute Gasteiger partial charge is 0.0450 e. The number of pyridine rings is 2. The predicted octanol–water partition coefficient (Wildman–Crippen LogP) is 5.10. The van der Waals surface area contributed by atoms with E-state index in [1.807, 2.05) is 24.5 Å². The molecular formula is C23H24ClN3. The lowest BCUT2D eigenvalue weighted by atomic mass is 9.92. The van der Waals surface area contributed by atoms with E-state index in [9.17, 15) is 0 Å². The van der Waals surface area contributed by atoms with Crippen LogP contribution in [0.25, 0.3) is 0 Å². The van der Waals surface area contributed by atoms with Gasteiger partial charge in [-0.25, -0.2) is 0 Å². The van der Waals surface area contributed by atoms with Crippen LogP contribution in [0.4, 0.5) is 0 Å². The van der Waals surface area contributed by atoms with Crippen molar-refractivity contribution in [1.82, 2.24) is 14.9 Å². The highest BCUT2D eigenvalue weighted by Crippen LogP contribution is 2.28. The van der Waals surface area contributed by atoms with Crippen molar-refractivity contribution in [3.8, 4) is 0 Å². The van der Waals surface area contributed by atoms with Crippen molar-refractivity contribution < 1.29 is 0 Å². The van der Waals surface area contributed by atoms with E-state index in [2.05, 4.69) is 52.3 Å². The summed E-state index contributed by atoms with van der Waals surface area (Å²) in [5, 5.41) is 0.777. The monoisotopic (exact) mass is 377 g/mol. The van der Waals surface area contributed by atoms with Gasteiger partial charge in [-0.3, -0.25) is 14.9 Å². The van der Waals surface area contributed by atoms with Crippen LogP contribution in [-0.2, 0) is 13.0 Å². The predicted molar refractivity (Wildman–Crippen MR) is 110 cm³/mol. The lowest BCUT2D eigenvalue weighted by Gasteiger charge is -2.31. The van der Waals surface area contributed by atoms with Gasteiger partial charge >= 0.3 is 0 Å². The van der Waals surface area contributed by atoms with E-state index in [0.717, 1.165) is 36.8 Å². The van der Waals surface area contributed by atoms with Gasteiger partial charge in [0.15, 0.2) is 0 Å². The molecule has 0 saturated carbocycles. The van der Waals surface area contributed by atoms with Gasteiger partial charge in [0.2, 0.25) is 0 Å². The van der Waals surface area contributed by atoms with Gasteiger partial charge in [-0.05, 0) is 73.5 Å². The van der Waals surface area contributed by atoms with Crippen molar-refractivity contribution in [1.29, 1.82) is 0 Å². The quantitative estimate of drug-likeness (QED) is 0.619. The van der Waals surface area contributed by atoms with Crippen molar-refractivity contribution in [3.63, 3.8) is 0 Å². The standard InChI is InChI=1S/C23H24ClN3/c24-21-6-4-18(5-7-21)16-22-2-1-3-23(26-22)20-10-14-27(15-11-20)17-19-8-12-25-13-9-19/h1-9,12-13,20H,10-11,14-17H2. The number of aromatic nitrogens is 2. The number of hydrogen-bond acceptors (Lipinski definition) is 3. The third kappa shape index (κ3) is 4.94. The molecule has 3 heterocycles. The van der Waals surface area contributed by atoms with Gasteiger partial charge in [0.05, 0.1) is 0 Å². The molecule has 1 aliphatic heterocycles. The second-order valence-electron chi connectivity index (χ2n) is 7.26. The van der Waals surface area contributed by atoms with E-state index in [1.54, 1.807) is 0 Å². The molecule has 1 fully saturated rings. The summed E-state index contributed by atoms with van der Waals surface area (Å²) >= 11 is 5.98. The zero-order chi connectivity index (χ0) is 18.5. The fourth-order valence-corrected chi connectivity index (χ4v) is 3.89. The molecule has 3 nitrogen and oxygen atoms in total. The fraction of sp³-hybridized carbons (Fsp3) is 0.304. The maximum atomic E-state index is 5.98. The molecule has 0 bridgehead atoms. The number of rotatable bonds is 5. The summed E-state index contributed by atoms with van der Waals surface area (Å²) in [5.74, 6) is 0.559. The first-order valence-corrected chi connectivity index (χ1v) is 9.95. The molecule has 1 aliphatic rings. The molecule has 0 radical (unpaired) electrons. The maximum absolute atomic E-state index is 5.98. The lowest BCUT2D eigenvalue weighted by Crippen LogP contribution is -2.32. The van der Waals surface area contributed by atoms with Crippen molar-refractivity contribution in [2.24, 2.45) is 0 Å². The van der Waals surface area contributed by atoms with Gasteiger partial charge in [0, 0.05) is 47.7 Å². The molecule has 0 aliphatic carbocycles. The second-order valence-corrected chi connectivity index (χ2v) is 7.70. The van der Waals surface area contributed by atoms with Gasteiger partial charge in [-0.1, -0.05) is 29.8 Å². The second kappa shape index (κ2) is 8.64. The first kappa shape index (κ1) is 18.1. The maximum Gasteiger partial charge on any atom is 0.0450 e. The molecule has 0 N–H and O–H groups in total. The zero-order valence-corrected chi connectivity index (χ0v) is 16.1. The van der Waals surface area contributed by atoms with Crippen LogP contribution in [0.5, 0.6) is 0 Å². The van der Waals surface area contributed by atoms with E-state index in [4.69, 9.17) is 16.6 Å². The molecule has 4 heteroatoms. The minimum atomic E-state index is 0.559. The summed E-state index contributed by atoms with van der Waals surface area (Å²) < 4.78 is 0. The molecule has 2 aromatic heterocycles. The Morgan fingerprint density at radius 1 is 0.889 bits per heavy atom. The topological polar surface area (TPSA) is 29.0 Å². The molecule has 1 saturated heterocycles. The molecular weight excluding hydrogens is 354 g/mol. The highest BCUT2D eigenvalue weighted by atomic mass is 35.5. The van der Waals surface area contributed by atoms with Crippen LogP contribution in [0.3, 0.4) is 0 Å². The van der Waals surface area contributed by atoms with Gasteiger partial charge in [0.1, 0.15) is 0 Å². The highest BCUT2D eigenvalue weighted by Gasteiger charge is 2.21. The summed E-state index contributed by atoms with van der Waals surface area (Å²) in [7, 11) is 0. The molecule has 0 unspecified atom stereocenters. The summed E-state index contributed by atoms with van der Waals surface area (Å²) in [6.45, 7) is 3.26. The Kier molecular flexibility index (Phi) is 5.81. The average Bonchev–Trinajstić information content (AvgIpc) is 2.71. The Morgan fingerprint density at radius 2 is 1.63 bits per heavy atom. The van der Waals surface area contributed by atoms with E-state index in [0.29, 0.717) is 5.92 Å². The van der Waals surface area contributed by atoms with Crippen LogP contribution < -0.4 is 0 Å². The van der Waals surface area contributed by atoms with E-state index in [-0.39, 0.29) is 0 Å². The third-order valence-corrected chi connectivity index (χ3v) is 5.54. The molecule has 0 spiro atoms. The number of piperidine rings is 1. The Bertz CT molecular complexity index is 856. The summed E-state index contributed by atoms with van der Waals surface area (Å²) in [6.07, 6.45) is 6.94. The van der Waals surface area contributed by atoms with Crippen LogP contribution in [0.1, 0.15) is 41.3 Å². The average molecular weight is 378 g/mol. The number of likely N-dealkylation sites (tertiary alicyclic amines) is 1. The van der Waals surface area contributed by atoms with E-state index >= 15 is 0 Å². The van der Waals surface area contributed by atoms with Gasteiger partial charge in [0.25, 0.3) is 0 Å². The largest absolute Gasteiger partial charge is 0.299 e. The molecule has 1 aromatic carbocycles. The molecule has 0 amide bonds. The number of halogens is 1. The Balaban J connectivity index is 1.36. The van der Waals surface area contributed by atoms with Gasteiger partial charge < -0.3 is 0 Å². The number of hydrogen-bond donors (Lipinski definition) is 0. The first-order chi connectivity index (χ1) is 13.3. The summed E-state index contributed by atoms with van der Waals surface area (Å²) in [6, 6.07) is 18.7. The molecule has 0 atom stereocenters. The van der Waals surface area contributed by atoms with Crippen LogP contribution in [-0.4, -0.2) is 28.0 Å².